The first kappa shape index (κ1) is 19.2. The van der Waals surface area contributed by atoms with Crippen LogP contribution in [0.4, 0.5) is 0 Å². The molecule has 2 aromatic carbocycles. The Morgan fingerprint density at radius 3 is 2.46 bits per heavy atom. The molecule has 0 radical (unpaired) electrons. The molecular weight excluding hydrogens is 356 g/mol. The number of amides is 1. The van der Waals surface area contributed by atoms with E-state index >= 15 is 0 Å². The Hall–Kier alpha value is -3.61. The Balaban J connectivity index is 2.00. The minimum absolute atomic E-state index is 0.252. The van der Waals surface area contributed by atoms with Gasteiger partial charge in [-0.1, -0.05) is 18.2 Å². The second kappa shape index (κ2) is 8.85. The Bertz CT molecular complexity index is 963. The summed E-state index contributed by atoms with van der Waals surface area (Å²) < 4.78 is 13.3. The minimum Gasteiger partial charge on any atom is -0.494 e. The van der Waals surface area contributed by atoms with Crippen LogP contribution < -0.4 is 14.9 Å². The van der Waals surface area contributed by atoms with Gasteiger partial charge in [-0.2, -0.15) is 14.9 Å². The lowest BCUT2D eigenvalue weighted by molar-refractivity contribution is -0.118. The van der Waals surface area contributed by atoms with E-state index in [9.17, 15) is 4.79 Å². The Kier molecular flexibility index (Phi) is 6.06. The molecule has 7 nitrogen and oxygen atoms in total. The zero-order valence-electron chi connectivity index (χ0n) is 16.0. The normalized spacial score (nSPS) is 10.8. The third-order valence-electron chi connectivity index (χ3n) is 3.83. The summed E-state index contributed by atoms with van der Waals surface area (Å²) in [5, 5.41) is 8.56. The first-order valence-electron chi connectivity index (χ1n) is 8.94. The fraction of sp³-hybridized carbons (Fsp3) is 0.190. The molecule has 0 fully saturated rings. The lowest BCUT2D eigenvalue weighted by Crippen LogP contribution is -2.12. The van der Waals surface area contributed by atoms with Gasteiger partial charge in [0.15, 0.2) is 0 Å². The van der Waals surface area contributed by atoms with Gasteiger partial charge in [0.05, 0.1) is 29.8 Å². The van der Waals surface area contributed by atoms with Gasteiger partial charge in [-0.15, -0.1) is 0 Å². The molecule has 3 aromatic rings. The van der Waals surface area contributed by atoms with Crippen LogP contribution in [-0.2, 0) is 4.79 Å². The highest BCUT2D eigenvalue weighted by molar-refractivity contribution is 5.86. The minimum atomic E-state index is -0.252. The average molecular weight is 378 g/mol. The highest BCUT2D eigenvalue weighted by Crippen LogP contribution is 2.30. The van der Waals surface area contributed by atoms with Gasteiger partial charge in [-0.3, -0.25) is 4.79 Å². The number of benzene rings is 2. The van der Waals surface area contributed by atoms with Gasteiger partial charge in [0.2, 0.25) is 11.8 Å². The SMILES string of the molecule is CCOc1ccc(Oc2c(C=NNC(C)=O)c(C)nn2-c2ccccc2)cc1. The number of hydrazone groups is 1. The molecule has 0 saturated carbocycles. The van der Waals surface area contributed by atoms with E-state index in [0.29, 0.717) is 23.8 Å². The third-order valence-corrected chi connectivity index (χ3v) is 3.83. The second-order valence-electron chi connectivity index (χ2n) is 5.98. The van der Waals surface area contributed by atoms with E-state index in [-0.39, 0.29) is 5.91 Å². The number of nitrogens with one attached hydrogen (secondary N) is 1. The molecule has 0 aliphatic carbocycles. The molecule has 0 saturated heterocycles. The van der Waals surface area contributed by atoms with Crippen molar-refractivity contribution in [2.75, 3.05) is 6.61 Å². The van der Waals surface area contributed by atoms with Crippen LogP contribution in [0.3, 0.4) is 0 Å². The lowest BCUT2D eigenvalue weighted by atomic mass is 10.2. The number of aromatic nitrogens is 2. The molecule has 0 bridgehead atoms. The van der Waals surface area contributed by atoms with Crippen molar-refractivity contribution in [3.8, 4) is 23.1 Å². The molecule has 0 atom stereocenters. The van der Waals surface area contributed by atoms with Gasteiger partial charge in [0, 0.05) is 6.92 Å². The molecule has 1 aromatic heterocycles. The van der Waals surface area contributed by atoms with E-state index in [4.69, 9.17) is 9.47 Å². The number of aryl methyl sites for hydroxylation is 1. The van der Waals surface area contributed by atoms with Crippen molar-refractivity contribution >= 4 is 12.1 Å². The summed E-state index contributed by atoms with van der Waals surface area (Å²) in [4.78, 5) is 11.1. The number of hydrogen-bond acceptors (Lipinski definition) is 5. The van der Waals surface area contributed by atoms with E-state index in [1.807, 2.05) is 68.4 Å². The van der Waals surface area contributed by atoms with Gasteiger partial charge in [-0.05, 0) is 50.2 Å². The predicted octanol–water partition coefficient (Wildman–Crippen LogP) is 3.84. The topological polar surface area (TPSA) is 77.7 Å². The second-order valence-corrected chi connectivity index (χ2v) is 5.98. The largest absolute Gasteiger partial charge is 0.494 e. The zero-order valence-corrected chi connectivity index (χ0v) is 16.0. The molecule has 3 rings (SSSR count). The summed E-state index contributed by atoms with van der Waals surface area (Å²) in [6.45, 7) is 5.80. The summed E-state index contributed by atoms with van der Waals surface area (Å²) in [6.07, 6.45) is 1.53. The molecule has 144 valence electrons. The Labute approximate surface area is 163 Å². The third kappa shape index (κ3) is 4.56. The van der Waals surface area contributed by atoms with Gasteiger partial charge in [0.25, 0.3) is 0 Å². The van der Waals surface area contributed by atoms with E-state index in [0.717, 1.165) is 17.1 Å². The molecule has 0 unspecified atom stereocenters. The monoisotopic (exact) mass is 378 g/mol. The first-order chi connectivity index (χ1) is 13.6. The van der Waals surface area contributed by atoms with Crippen molar-refractivity contribution < 1.29 is 14.3 Å². The molecule has 1 N–H and O–H groups in total. The van der Waals surface area contributed by atoms with Crippen LogP contribution in [0.1, 0.15) is 25.1 Å². The predicted molar refractivity (Wildman–Crippen MR) is 107 cm³/mol. The van der Waals surface area contributed by atoms with Crippen LogP contribution in [0, 0.1) is 6.92 Å². The number of nitrogens with zero attached hydrogens (tertiary/aromatic N) is 3. The fourth-order valence-corrected chi connectivity index (χ4v) is 2.58. The Morgan fingerprint density at radius 1 is 1.14 bits per heavy atom. The van der Waals surface area contributed by atoms with Crippen molar-refractivity contribution in [3.63, 3.8) is 0 Å². The maximum absolute atomic E-state index is 11.1. The van der Waals surface area contributed by atoms with E-state index in [2.05, 4.69) is 15.6 Å². The summed E-state index contributed by atoms with van der Waals surface area (Å²) in [6, 6.07) is 17.0. The van der Waals surface area contributed by atoms with Crippen LogP contribution in [-0.4, -0.2) is 28.5 Å². The molecule has 28 heavy (non-hydrogen) atoms. The van der Waals surface area contributed by atoms with Crippen LogP contribution in [0.5, 0.6) is 17.4 Å². The van der Waals surface area contributed by atoms with Gasteiger partial charge in [0.1, 0.15) is 11.5 Å². The van der Waals surface area contributed by atoms with Crippen LogP contribution in [0.2, 0.25) is 0 Å². The molecule has 0 aliphatic rings. The quantitative estimate of drug-likeness (QED) is 0.500. The molecule has 1 heterocycles. The number of para-hydroxylation sites is 1. The average Bonchev–Trinajstić information content (AvgIpc) is 3.00. The number of ether oxygens (including phenoxy) is 2. The molecule has 0 spiro atoms. The number of carbonyl (C=O) groups excluding carboxylic acids is 1. The fourth-order valence-electron chi connectivity index (χ4n) is 2.58. The molecule has 0 aliphatic heterocycles. The summed E-state index contributed by atoms with van der Waals surface area (Å²) in [5.41, 5.74) is 4.65. The smallest absolute Gasteiger partial charge is 0.236 e. The highest BCUT2D eigenvalue weighted by Gasteiger charge is 2.18. The summed E-state index contributed by atoms with van der Waals surface area (Å²) in [7, 11) is 0. The van der Waals surface area contributed by atoms with Gasteiger partial charge in [-0.25, -0.2) is 5.43 Å². The van der Waals surface area contributed by atoms with Crippen molar-refractivity contribution in [3.05, 3.63) is 65.9 Å². The number of carbonyl (C=O) groups is 1. The van der Waals surface area contributed by atoms with Gasteiger partial charge < -0.3 is 9.47 Å². The summed E-state index contributed by atoms with van der Waals surface area (Å²) >= 11 is 0. The maximum atomic E-state index is 11.1. The molecular formula is C21H22N4O3. The highest BCUT2D eigenvalue weighted by atomic mass is 16.5. The van der Waals surface area contributed by atoms with Crippen molar-refractivity contribution in [2.45, 2.75) is 20.8 Å². The van der Waals surface area contributed by atoms with Crippen molar-refractivity contribution in [1.29, 1.82) is 0 Å². The van der Waals surface area contributed by atoms with E-state index in [1.165, 1.54) is 13.1 Å². The first-order valence-corrected chi connectivity index (χ1v) is 8.94. The zero-order chi connectivity index (χ0) is 19.9. The number of hydrogen-bond donors (Lipinski definition) is 1. The van der Waals surface area contributed by atoms with E-state index in [1.54, 1.807) is 4.68 Å². The van der Waals surface area contributed by atoms with Crippen LogP contribution >= 0.6 is 0 Å². The van der Waals surface area contributed by atoms with Crippen LogP contribution in [0.25, 0.3) is 5.69 Å². The van der Waals surface area contributed by atoms with Crippen molar-refractivity contribution in [2.24, 2.45) is 5.10 Å². The molecule has 7 heteroatoms. The standard InChI is InChI=1S/C21H22N4O3/c1-4-27-18-10-12-19(13-11-18)28-21-20(14-22-23-16(3)26)15(2)24-25(21)17-8-6-5-7-9-17/h5-14H,4H2,1-3H3,(H,23,26). The van der Waals surface area contributed by atoms with E-state index < -0.39 is 0 Å². The lowest BCUT2D eigenvalue weighted by Gasteiger charge is -2.11. The van der Waals surface area contributed by atoms with Crippen LogP contribution in [0.15, 0.2) is 59.7 Å². The van der Waals surface area contributed by atoms with Gasteiger partial charge >= 0.3 is 0 Å². The number of rotatable bonds is 7. The Morgan fingerprint density at radius 2 is 1.82 bits per heavy atom. The molecule has 1 amide bonds. The van der Waals surface area contributed by atoms with Crippen molar-refractivity contribution in [1.82, 2.24) is 15.2 Å². The maximum Gasteiger partial charge on any atom is 0.236 e. The summed E-state index contributed by atoms with van der Waals surface area (Å²) in [5.74, 6) is 1.66.